The molecule has 0 aromatic heterocycles. The molecule has 0 rings (SSSR count). The molecule has 0 spiro atoms. The Labute approximate surface area is 85.6 Å². The maximum Gasteiger partial charge on any atom is 0.303 e. The number of carboxylic acid groups (broad SMARTS) is 1. The molecule has 0 aliphatic carbocycles. The Morgan fingerprint density at radius 1 is 1.40 bits per heavy atom. The van der Waals surface area contributed by atoms with Gasteiger partial charge in [-0.15, -0.1) is 0 Å². The minimum Gasteiger partial charge on any atom is -0.481 e. The van der Waals surface area contributed by atoms with E-state index in [1.807, 2.05) is 0 Å². The second kappa shape index (κ2) is 12.2. The van der Waals surface area contributed by atoms with E-state index in [2.05, 4.69) is 6.92 Å². The van der Waals surface area contributed by atoms with Gasteiger partial charge in [0.1, 0.15) is 0 Å². The summed E-state index contributed by atoms with van der Waals surface area (Å²) in [4.78, 5) is 9.87. The first-order valence-electron chi connectivity index (χ1n) is 2.99. The van der Waals surface area contributed by atoms with Gasteiger partial charge in [-0.2, -0.15) is 0 Å². The van der Waals surface area contributed by atoms with Crippen LogP contribution in [-0.4, -0.2) is 11.1 Å². The Morgan fingerprint density at radius 3 is 2.20 bits per heavy atom. The SMILES string of the molecule is CCCCCC(=O)O.F.[Y]. The average molecular weight is 225 g/mol. The number of hydrogen-bond donors (Lipinski definition) is 1. The Bertz CT molecular complexity index is 78.1. The maximum atomic E-state index is 9.87. The van der Waals surface area contributed by atoms with Crippen molar-refractivity contribution >= 4 is 5.97 Å². The molecule has 0 bridgehead atoms. The zero-order chi connectivity index (χ0) is 6.41. The van der Waals surface area contributed by atoms with Gasteiger partial charge in [-0.3, -0.25) is 9.50 Å². The number of unbranched alkanes of at least 4 members (excludes halogenated alkanes) is 2. The van der Waals surface area contributed by atoms with Gasteiger partial charge in [0.05, 0.1) is 0 Å². The van der Waals surface area contributed by atoms with E-state index >= 15 is 0 Å². The Hall–Kier alpha value is 0.504. The molecule has 0 heterocycles. The number of rotatable bonds is 4. The van der Waals surface area contributed by atoms with Crippen LogP contribution in [0.4, 0.5) is 4.70 Å². The van der Waals surface area contributed by atoms with Crippen molar-refractivity contribution in [1.82, 2.24) is 0 Å². The molecule has 1 N–H and O–H groups in total. The second-order valence-electron chi connectivity index (χ2n) is 1.85. The Balaban J connectivity index is -0.000000245. The quantitative estimate of drug-likeness (QED) is 0.740. The van der Waals surface area contributed by atoms with Crippen LogP contribution in [0.3, 0.4) is 0 Å². The predicted octanol–water partition coefficient (Wildman–Crippen LogP) is 1.80. The maximum absolute atomic E-state index is 9.87. The topological polar surface area (TPSA) is 37.3 Å². The summed E-state index contributed by atoms with van der Waals surface area (Å²) in [7, 11) is 0. The average Bonchev–Trinajstić information content (AvgIpc) is 1.66. The van der Waals surface area contributed by atoms with Crippen molar-refractivity contribution in [2.45, 2.75) is 32.6 Å². The van der Waals surface area contributed by atoms with Crippen LogP contribution in [0.5, 0.6) is 0 Å². The van der Waals surface area contributed by atoms with Crippen molar-refractivity contribution in [3.05, 3.63) is 0 Å². The van der Waals surface area contributed by atoms with Crippen LogP contribution in [0.2, 0.25) is 0 Å². The molecule has 2 nitrogen and oxygen atoms in total. The van der Waals surface area contributed by atoms with E-state index in [1.165, 1.54) is 0 Å². The molecule has 0 unspecified atom stereocenters. The second-order valence-corrected chi connectivity index (χ2v) is 1.85. The number of carboxylic acids is 1. The molecular formula is C6H13FO2Y. The minimum atomic E-state index is -0.682. The fourth-order valence-corrected chi connectivity index (χ4v) is 0.526. The summed E-state index contributed by atoms with van der Waals surface area (Å²) in [5.74, 6) is -0.682. The van der Waals surface area contributed by atoms with Gasteiger partial charge in [0.15, 0.2) is 0 Å². The van der Waals surface area contributed by atoms with Crippen molar-refractivity contribution in [2.24, 2.45) is 0 Å². The van der Waals surface area contributed by atoms with E-state index in [0.29, 0.717) is 6.42 Å². The molecule has 0 aromatic carbocycles. The van der Waals surface area contributed by atoms with Crippen LogP contribution >= 0.6 is 0 Å². The third-order valence-corrected chi connectivity index (χ3v) is 0.994. The molecule has 0 aliphatic heterocycles. The predicted molar refractivity (Wildman–Crippen MR) is 34.3 cm³/mol. The molecule has 0 fully saturated rings. The summed E-state index contributed by atoms with van der Waals surface area (Å²) < 4.78 is 0. The van der Waals surface area contributed by atoms with Crippen LogP contribution in [-0.2, 0) is 37.5 Å². The fourth-order valence-electron chi connectivity index (χ4n) is 0.526. The monoisotopic (exact) mass is 225 g/mol. The number of carbonyl (C=O) groups is 1. The van der Waals surface area contributed by atoms with Gasteiger partial charge in [-0.25, -0.2) is 0 Å². The van der Waals surface area contributed by atoms with E-state index in [0.717, 1.165) is 19.3 Å². The largest absolute Gasteiger partial charge is 0.481 e. The van der Waals surface area contributed by atoms with E-state index in [4.69, 9.17) is 5.11 Å². The molecule has 0 aliphatic rings. The third kappa shape index (κ3) is 15.8. The normalized spacial score (nSPS) is 7.30. The van der Waals surface area contributed by atoms with Gasteiger partial charge >= 0.3 is 5.97 Å². The molecule has 0 saturated heterocycles. The number of aliphatic carboxylic acids is 1. The zero-order valence-corrected chi connectivity index (χ0v) is 9.01. The van der Waals surface area contributed by atoms with Crippen LogP contribution in [0, 0.1) is 0 Å². The molecule has 4 heteroatoms. The first-order valence-corrected chi connectivity index (χ1v) is 2.99. The van der Waals surface area contributed by atoms with Crippen molar-refractivity contribution in [2.75, 3.05) is 0 Å². The third-order valence-electron chi connectivity index (χ3n) is 0.994. The summed E-state index contributed by atoms with van der Waals surface area (Å²) >= 11 is 0. The van der Waals surface area contributed by atoms with Gasteiger partial charge in [0.2, 0.25) is 0 Å². The van der Waals surface area contributed by atoms with E-state index in [-0.39, 0.29) is 37.4 Å². The molecular weight excluding hydrogens is 212 g/mol. The van der Waals surface area contributed by atoms with Gasteiger partial charge in [-0.1, -0.05) is 19.8 Å². The molecule has 10 heavy (non-hydrogen) atoms. The first-order chi connectivity index (χ1) is 3.77. The van der Waals surface area contributed by atoms with E-state index in [9.17, 15) is 4.79 Å². The minimum absolute atomic E-state index is 0. The summed E-state index contributed by atoms with van der Waals surface area (Å²) in [5.41, 5.74) is 0. The molecule has 0 atom stereocenters. The van der Waals surface area contributed by atoms with Crippen LogP contribution in [0.1, 0.15) is 32.6 Å². The first kappa shape index (κ1) is 16.8. The standard InChI is InChI=1S/C6H12O2.FH.Y/c1-2-3-4-5-6(7)8;;/h2-5H2,1H3,(H,7,8);1H;. The van der Waals surface area contributed by atoms with Crippen LogP contribution < -0.4 is 0 Å². The van der Waals surface area contributed by atoms with E-state index in [1.54, 1.807) is 0 Å². The van der Waals surface area contributed by atoms with Gasteiger partial charge in [0, 0.05) is 39.1 Å². The summed E-state index contributed by atoms with van der Waals surface area (Å²) in [6.45, 7) is 2.06. The molecule has 1 radical (unpaired) electrons. The molecule has 59 valence electrons. The van der Waals surface area contributed by atoms with Crippen molar-refractivity contribution < 1.29 is 47.3 Å². The van der Waals surface area contributed by atoms with Crippen molar-refractivity contribution in [3.8, 4) is 0 Å². The Morgan fingerprint density at radius 2 is 1.90 bits per heavy atom. The summed E-state index contributed by atoms with van der Waals surface area (Å²) in [6.07, 6.45) is 3.28. The van der Waals surface area contributed by atoms with Gasteiger partial charge in [-0.05, 0) is 6.42 Å². The number of hydrogen-bond acceptors (Lipinski definition) is 1. The Kier molecular flexibility index (Phi) is 20.6. The summed E-state index contributed by atoms with van der Waals surface area (Å²) in [6, 6.07) is 0. The molecule has 0 saturated carbocycles. The summed E-state index contributed by atoms with van der Waals surface area (Å²) in [5, 5.41) is 8.14. The molecule has 0 amide bonds. The van der Waals surface area contributed by atoms with Crippen LogP contribution in [0.15, 0.2) is 0 Å². The van der Waals surface area contributed by atoms with Gasteiger partial charge in [0.25, 0.3) is 0 Å². The fraction of sp³-hybridized carbons (Fsp3) is 0.833. The van der Waals surface area contributed by atoms with Gasteiger partial charge < -0.3 is 5.11 Å². The number of halogens is 1. The zero-order valence-electron chi connectivity index (χ0n) is 6.17. The smallest absolute Gasteiger partial charge is 0.303 e. The molecule has 0 aromatic rings. The van der Waals surface area contributed by atoms with Crippen molar-refractivity contribution in [1.29, 1.82) is 0 Å². The van der Waals surface area contributed by atoms with Crippen molar-refractivity contribution in [3.63, 3.8) is 0 Å². The van der Waals surface area contributed by atoms with E-state index < -0.39 is 5.97 Å². The van der Waals surface area contributed by atoms with Crippen LogP contribution in [0.25, 0.3) is 0 Å².